The average Bonchev–Trinajstić information content (AvgIpc) is 3.16. The van der Waals surface area contributed by atoms with Gasteiger partial charge in [-0.3, -0.25) is 0 Å². The normalized spacial score (nSPS) is 12.3. The molecule has 0 aromatic heterocycles. The van der Waals surface area contributed by atoms with E-state index in [0.29, 0.717) is 0 Å². The second kappa shape index (κ2) is 12.1. The first-order valence-electron chi connectivity index (χ1n) is 12.1. The fraction of sp³-hybridized carbons (Fsp3) is 0.556. The third-order valence-electron chi connectivity index (χ3n) is 6.40. The van der Waals surface area contributed by atoms with Crippen LogP contribution in [0.15, 0.2) is 36.4 Å². The Morgan fingerprint density at radius 1 is 0.645 bits per heavy atom. The number of rotatable bonds is 14. The van der Waals surface area contributed by atoms with E-state index in [1.54, 1.807) is 0 Å². The van der Waals surface area contributed by atoms with Gasteiger partial charge in [-0.05, 0) is 92.0 Å². The van der Waals surface area contributed by atoms with Crippen LogP contribution in [-0.2, 0) is 6.42 Å². The molecule has 0 fully saturated rings. The summed E-state index contributed by atoms with van der Waals surface area (Å²) in [5.74, 6) is 1.94. The molecule has 4 heteroatoms. The van der Waals surface area contributed by atoms with E-state index in [9.17, 15) is 0 Å². The molecule has 0 saturated heterocycles. The molecule has 2 aromatic rings. The second-order valence-electron chi connectivity index (χ2n) is 8.27. The van der Waals surface area contributed by atoms with Crippen molar-refractivity contribution in [3.63, 3.8) is 0 Å². The van der Waals surface area contributed by atoms with Gasteiger partial charge in [0.1, 0.15) is 11.5 Å². The maximum atomic E-state index is 6.08. The van der Waals surface area contributed by atoms with E-state index in [2.05, 4.69) is 73.9 Å². The summed E-state index contributed by atoms with van der Waals surface area (Å²) in [5.41, 5.74) is 5.35. The molecule has 0 aliphatic heterocycles. The molecular formula is C27H40N2O2. The fourth-order valence-corrected chi connectivity index (χ4v) is 4.34. The van der Waals surface area contributed by atoms with Crippen molar-refractivity contribution in [2.24, 2.45) is 0 Å². The summed E-state index contributed by atoms with van der Waals surface area (Å²) in [7, 11) is 0. The zero-order valence-corrected chi connectivity index (χ0v) is 20.0. The lowest BCUT2D eigenvalue weighted by molar-refractivity contribution is 0.249. The van der Waals surface area contributed by atoms with Crippen LogP contribution in [0.25, 0.3) is 11.1 Å². The van der Waals surface area contributed by atoms with Gasteiger partial charge in [0.05, 0.1) is 13.2 Å². The number of benzene rings is 2. The molecule has 0 unspecified atom stereocenters. The number of ether oxygens (including phenoxy) is 2. The van der Waals surface area contributed by atoms with E-state index in [1.807, 2.05) is 0 Å². The molecule has 0 N–H and O–H groups in total. The molecule has 3 rings (SSSR count). The van der Waals surface area contributed by atoms with Crippen LogP contribution in [-0.4, -0.2) is 62.3 Å². The van der Waals surface area contributed by atoms with Gasteiger partial charge in [-0.15, -0.1) is 0 Å². The topological polar surface area (TPSA) is 24.9 Å². The van der Waals surface area contributed by atoms with Gasteiger partial charge in [0, 0.05) is 13.1 Å². The van der Waals surface area contributed by atoms with Crippen molar-refractivity contribution in [1.29, 1.82) is 0 Å². The van der Waals surface area contributed by atoms with E-state index in [0.717, 1.165) is 83.2 Å². The Morgan fingerprint density at radius 3 is 1.45 bits per heavy atom. The quantitative estimate of drug-likeness (QED) is 0.320. The lowest BCUT2D eigenvalue weighted by Gasteiger charge is -2.18. The summed E-state index contributed by atoms with van der Waals surface area (Å²) in [6, 6.07) is 13.1. The zero-order chi connectivity index (χ0) is 22.1. The van der Waals surface area contributed by atoms with E-state index in [1.165, 1.54) is 22.3 Å². The van der Waals surface area contributed by atoms with Crippen molar-refractivity contribution < 1.29 is 9.47 Å². The average molecular weight is 425 g/mol. The van der Waals surface area contributed by atoms with E-state index < -0.39 is 0 Å². The third-order valence-corrected chi connectivity index (χ3v) is 6.40. The van der Waals surface area contributed by atoms with Crippen LogP contribution in [0.2, 0.25) is 0 Å². The largest absolute Gasteiger partial charge is 0.494 e. The predicted molar refractivity (Wildman–Crippen MR) is 130 cm³/mol. The van der Waals surface area contributed by atoms with Gasteiger partial charge < -0.3 is 19.3 Å². The first-order chi connectivity index (χ1) is 15.2. The van der Waals surface area contributed by atoms with Gasteiger partial charge in [0.25, 0.3) is 0 Å². The Balaban J connectivity index is 1.56. The third kappa shape index (κ3) is 6.47. The number of hydrogen-bond donors (Lipinski definition) is 0. The molecule has 1 aliphatic carbocycles. The summed E-state index contributed by atoms with van der Waals surface area (Å²) in [5, 5.41) is 0. The van der Waals surface area contributed by atoms with Crippen LogP contribution in [0.5, 0.6) is 11.5 Å². The lowest BCUT2D eigenvalue weighted by atomic mass is 10.1. The second-order valence-corrected chi connectivity index (χ2v) is 8.27. The van der Waals surface area contributed by atoms with E-state index >= 15 is 0 Å². The number of nitrogens with zero attached hydrogens (tertiary/aromatic N) is 2. The molecule has 2 aromatic carbocycles. The summed E-state index contributed by atoms with van der Waals surface area (Å²) >= 11 is 0. The fourth-order valence-electron chi connectivity index (χ4n) is 4.34. The maximum absolute atomic E-state index is 6.08. The molecule has 4 nitrogen and oxygen atoms in total. The summed E-state index contributed by atoms with van der Waals surface area (Å²) in [6.45, 7) is 17.0. The van der Waals surface area contributed by atoms with Crippen molar-refractivity contribution in [2.75, 3.05) is 52.5 Å². The monoisotopic (exact) mass is 424 g/mol. The van der Waals surface area contributed by atoms with Crippen molar-refractivity contribution in [3.8, 4) is 22.6 Å². The van der Waals surface area contributed by atoms with Crippen LogP contribution >= 0.6 is 0 Å². The number of hydrogen-bond acceptors (Lipinski definition) is 4. The van der Waals surface area contributed by atoms with Gasteiger partial charge in [-0.25, -0.2) is 0 Å². The Kier molecular flexibility index (Phi) is 9.23. The van der Waals surface area contributed by atoms with E-state index in [4.69, 9.17) is 9.47 Å². The molecule has 1 aliphatic rings. The Labute approximate surface area is 189 Å². The van der Waals surface area contributed by atoms with Gasteiger partial charge in [-0.1, -0.05) is 39.8 Å². The highest BCUT2D eigenvalue weighted by Crippen LogP contribution is 2.40. The molecule has 0 heterocycles. The molecule has 0 bridgehead atoms. The molecule has 0 atom stereocenters. The molecule has 170 valence electrons. The molecule has 31 heavy (non-hydrogen) atoms. The first-order valence-corrected chi connectivity index (χ1v) is 12.1. The Hall–Kier alpha value is -2.04. The van der Waals surface area contributed by atoms with Crippen LogP contribution in [0.3, 0.4) is 0 Å². The minimum Gasteiger partial charge on any atom is -0.494 e. The molecule has 0 radical (unpaired) electrons. The summed E-state index contributed by atoms with van der Waals surface area (Å²) < 4.78 is 12.2. The highest BCUT2D eigenvalue weighted by Gasteiger charge is 2.19. The maximum Gasteiger partial charge on any atom is 0.119 e. The number of fused-ring (bicyclic) bond motifs is 3. The minimum atomic E-state index is 0.762. The predicted octanol–water partition coefficient (Wildman–Crippen LogP) is 5.48. The van der Waals surface area contributed by atoms with Gasteiger partial charge in [-0.2, -0.15) is 0 Å². The highest BCUT2D eigenvalue weighted by atomic mass is 16.5. The van der Waals surface area contributed by atoms with E-state index in [-0.39, 0.29) is 0 Å². The van der Waals surface area contributed by atoms with Crippen LogP contribution in [0.4, 0.5) is 0 Å². The van der Waals surface area contributed by atoms with Crippen molar-refractivity contribution in [1.82, 2.24) is 9.80 Å². The molecule has 0 amide bonds. The van der Waals surface area contributed by atoms with Crippen LogP contribution < -0.4 is 9.47 Å². The van der Waals surface area contributed by atoms with Gasteiger partial charge in [0.15, 0.2) is 0 Å². The zero-order valence-electron chi connectivity index (χ0n) is 20.0. The smallest absolute Gasteiger partial charge is 0.119 e. The summed E-state index contributed by atoms with van der Waals surface area (Å²) in [4.78, 5) is 4.87. The Bertz CT molecular complexity index is 745. The van der Waals surface area contributed by atoms with Crippen molar-refractivity contribution >= 4 is 0 Å². The minimum absolute atomic E-state index is 0.762. The molecular weight excluding hydrogens is 384 g/mol. The van der Waals surface area contributed by atoms with Crippen LogP contribution in [0.1, 0.15) is 51.7 Å². The first kappa shape index (κ1) is 23.6. The molecule has 0 spiro atoms. The van der Waals surface area contributed by atoms with Crippen molar-refractivity contribution in [3.05, 3.63) is 47.5 Å². The van der Waals surface area contributed by atoms with Gasteiger partial charge in [0.2, 0.25) is 0 Å². The lowest BCUT2D eigenvalue weighted by Crippen LogP contribution is -2.25. The highest BCUT2D eigenvalue weighted by molar-refractivity contribution is 5.78. The standard InChI is InChI=1S/C27H40N2O2/c1-5-28(6-2)15-9-17-30-24-13-11-22-19-23-12-14-25(21-27(23)26(22)20-24)31-18-10-16-29(7-3)8-4/h11-14,20-21H,5-10,15-19H2,1-4H3. The van der Waals surface area contributed by atoms with Gasteiger partial charge >= 0.3 is 0 Å². The SMILES string of the molecule is CCN(CC)CCCOc1ccc2c(c1)-c1cc(OCCCN(CC)CC)ccc1C2. The Morgan fingerprint density at radius 2 is 1.06 bits per heavy atom. The van der Waals surface area contributed by atoms with Crippen molar-refractivity contribution in [2.45, 2.75) is 47.0 Å². The van der Waals surface area contributed by atoms with Crippen LogP contribution in [0, 0.1) is 0 Å². The molecule has 0 saturated carbocycles. The summed E-state index contributed by atoms with van der Waals surface area (Å²) in [6.07, 6.45) is 3.11.